The summed E-state index contributed by atoms with van der Waals surface area (Å²) in [7, 11) is 0. The zero-order valence-corrected chi connectivity index (χ0v) is 16.1. The second-order valence-corrected chi connectivity index (χ2v) is 7.39. The fourth-order valence-electron chi connectivity index (χ4n) is 3.73. The largest absolute Gasteiger partial charge is 0.474 e. The number of carbonyl (C=O) groups excluding carboxylic acids is 2. The number of carbonyl (C=O) groups is 2. The predicted molar refractivity (Wildman–Crippen MR) is 102 cm³/mol. The molecule has 2 fully saturated rings. The van der Waals surface area contributed by atoms with Crippen LogP contribution in [0.5, 0.6) is 5.88 Å². The molecular weight excluding hydrogens is 344 g/mol. The molecule has 0 aromatic carbocycles. The van der Waals surface area contributed by atoms with Crippen molar-refractivity contribution in [3.8, 4) is 5.88 Å². The number of ether oxygens (including phenoxy) is 1. The zero-order chi connectivity index (χ0) is 19.1. The van der Waals surface area contributed by atoms with Crippen molar-refractivity contribution in [2.24, 2.45) is 0 Å². The second kappa shape index (κ2) is 9.58. The van der Waals surface area contributed by atoms with E-state index in [1.165, 1.54) is 19.3 Å². The zero-order valence-electron chi connectivity index (χ0n) is 16.1. The summed E-state index contributed by atoms with van der Waals surface area (Å²) < 4.78 is 5.98. The highest BCUT2D eigenvalue weighted by atomic mass is 16.5. The molecule has 7 nitrogen and oxygen atoms in total. The standard InChI is InChI=1S/C20H30N4O3/c1-2-19(25)24-11-9-16(14-24)23-20(26)22-13-15-8-10-21-18(12-15)27-17-6-4-3-5-7-17/h8,10,12,16-17H,2-7,9,11,13-14H2,1H3,(H2,22,23,26). The van der Waals surface area contributed by atoms with Crippen LogP contribution in [0.2, 0.25) is 0 Å². The van der Waals surface area contributed by atoms with E-state index in [0.717, 1.165) is 24.8 Å². The molecule has 1 saturated carbocycles. The average Bonchev–Trinajstić information content (AvgIpc) is 3.15. The molecule has 3 amide bonds. The number of nitrogens with one attached hydrogen (secondary N) is 2. The van der Waals surface area contributed by atoms with Crippen molar-refractivity contribution in [1.29, 1.82) is 0 Å². The first-order valence-electron chi connectivity index (χ1n) is 10.1. The Hall–Kier alpha value is -2.31. The SMILES string of the molecule is CCC(=O)N1CCC(NC(=O)NCc2ccnc(OC3CCCCC3)c2)C1. The van der Waals surface area contributed by atoms with Crippen LogP contribution < -0.4 is 15.4 Å². The fourth-order valence-corrected chi connectivity index (χ4v) is 3.73. The monoisotopic (exact) mass is 374 g/mol. The van der Waals surface area contributed by atoms with Crippen LogP contribution in [0.15, 0.2) is 18.3 Å². The number of hydrogen-bond donors (Lipinski definition) is 2. The molecule has 1 aromatic rings. The number of rotatable bonds is 6. The number of likely N-dealkylation sites (tertiary alicyclic amines) is 1. The minimum Gasteiger partial charge on any atom is -0.474 e. The Labute approximate surface area is 160 Å². The highest BCUT2D eigenvalue weighted by Gasteiger charge is 2.26. The van der Waals surface area contributed by atoms with Crippen LogP contribution in [0.3, 0.4) is 0 Å². The molecule has 148 valence electrons. The smallest absolute Gasteiger partial charge is 0.315 e. The number of nitrogens with zero attached hydrogens (tertiary/aromatic N) is 2. The third-order valence-electron chi connectivity index (χ3n) is 5.27. The Morgan fingerprint density at radius 3 is 2.85 bits per heavy atom. The van der Waals surface area contributed by atoms with Gasteiger partial charge in [0.2, 0.25) is 11.8 Å². The lowest BCUT2D eigenvalue weighted by Crippen LogP contribution is -2.43. The van der Waals surface area contributed by atoms with Crippen LogP contribution in [0.4, 0.5) is 4.79 Å². The van der Waals surface area contributed by atoms with Crippen LogP contribution in [0.25, 0.3) is 0 Å². The van der Waals surface area contributed by atoms with E-state index in [2.05, 4.69) is 15.6 Å². The second-order valence-electron chi connectivity index (χ2n) is 7.39. The van der Waals surface area contributed by atoms with Crippen molar-refractivity contribution in [2.75, 3.05) is 13.1 Å². The van der Waals surface area contributed by atoms with Gasteiger partial charge in [-0.3, -0.25) is 4.79 Å². The third kappa shape index (κ3) is 5.84. The van der Waals surface area contributed by atoms with Crippen molar-refractivity contribution in [1.82, 2.24) is 20.5 Å². The molecule has 2 N–H and O–H groups in total. The highest BCUT2D eigenvalue weighted by molar-refractivity contribution is 5.77. The molecule has 1 saturated heterocycles. The minimum atomic E-state index is -0.211. The van der Waals surface area contributed by atoms with Crippen LogP contribution in [-0.4, -0.2) is 47.1 Å². The Morgan fingerprint density at radius 1 is 1.26 bits per heavy atom. The molecule has 0 bridgehead atoms. The molecule has 7 heteroatoms. The Morgan fingerprint density at radius 2 is 2.07 bits per heavy atom. The van der Waals surface area contributed by atoms with E-state index in [0.29, 0.717) is 31.9 Å². The third-order valence-corrected chi connectivity index (χ3v) is 5.27. The number of urea groups is 1. The molecule has 0 radical (unpaired) electrons. The van der Waals surface area contributed by atoms with Gasteiger partial charge in [0, 0.05) is 44.4 Å². The van der Waals surface area contributed by atoms with Crippen molar-refractivity contribution in [2.45, 2.75) is 70.6 Å². The van der Waals surface area contributed by atoms with E-state index in [4.69, 9.17) is 4.74 Å². The van der Waals surface area contributed by atoms with E-state index < -0.39 is 0 Å². The Bertz CT molecular complexity index is 646. The molecule has 1 aliphatic heterocycles. The van der Waals surface area contributed by atoms with Gasteiger partial charge in [0.1, 0.15) is 6.10 Å². The van der Waals surface area contributed by atoms with E-state index in [1.807, 2.05) is 24.0 Å². The maximum atomic E-state index is 12.1. The molecule has 1 aliphatic carbocycles. The number of hydrogen-bond acceptors (Lipinski definition) is 4. The lowest BCUT2D eigenvalue weighted by atomic mass is 9.98. The van der Waals surface area contributed by atoms with E-state index in [1.54, 1.807) is 6.20 Å². The van der Waals surface area contributed by atoms with E-state index >= 15 is 0 Å². The van der Waals surface area contributed by atoms with Gasteiger partial charge in [-0.15, -0.1) is 0 Å². The normalized spacial score (nSPS) is 20.3. The van der Waals surface area contributed by atoms with Gasteiger partial charge in [-0.1, -0.05) is 13.3 Å². The van der Waals surface area contributed by atoms with Gasteiger partial charge >= 0.3 is 6.03 Å². The maximum absolute atomic E-state index is 12.1. The van der Waals surface area contributed by atoms with Gasteiger partial charge in [-0.25, -0.2) is 9.78 Å². The van der Waals surface area contributed by atoms with Crippen LogP contribution >= 0.6 is 0 Å². The molecule has 2 heterocycles. The fraction of sp³-hybridized carbons (Fsp3) is 0.650. The van der Waals surface area contributed by atoms with Crippen LogP contribution in [-0.2, 0) is 11.3 Å². The Kier molecular flexibility index (Phi) is 6.90. The summed E-state index contributed by atoms with van der Waals surface area (Å²) in [4.78, 5) is 30.0. The molecule has 3 rings (SSSR count). The Balaban J connectivity index is 1.42. The van der Waals surface area contributed by atoms with Crippen molar-refractivity contribution in [3.05, 3.63) is 23.9 Å². The molecule has 1 atom stereocenters. The molecule has 2 aliphatic rings. The topological polar surface area (TPSA) is 83.6 Å². The number of aromatic nitrogens is 1. The summed E-state index contributed by atoms with van der Waals surface area (Å²) in [6, 6.07) is 3.58. The molecular formula is C20H30N4O3. The van der Waals surface area contributed by atoms with Crippen molar-refractivity contribution < 1.29 is 14.3 Å². The quantitative estimate of drug-likeness (QED) is 0.802. The first-order valence-corrected chi connectivity index (χ1v) is 10.1. The average molecular weight is 374 g/mol. The van der Waals surface area contributed by atoms with E-state index in [9.17, 15) is 9.59 Å². The molecule has 1 unspecified atom stereocenters. The summed E-state index contributed by atoms with van der Waals surface area (Å²) in [6.45, 7) is 3.58. The van der Waals surface area contributed by atoms with Crippen molar-refractivity contribution in [3.63, 3.8) is 0 Å². The minimum absolute atomic E-state index is 0.0168. The van der Waals surface area contributed by atoms with Gasteiger partial charge in [0.15, 0.2) is 0 Å². The lowest BCUT2D eigenvalue weighted by molar-refractivity contribution is -0.129. The first-order chi connectivity index (χ1) is 13.1. The highest BCUT2D eigenvalue weighted by Crippen LogP contribution is 2.22. The lowest BCUT2D eigenvalue weighted by Gasteiger charge is -2.22. The molecule has 27 heavy (non-hydrogen) atoms. The molecule has 1 aromatic heterocycles. The maximum Gasteiger partial charge on any atom is 0.315 e. The van der Waals surface area contributed by atoms with Crippen LogP contribution in [0.1, 0.15) is 57.4 Å². The summed E-state index contributed by atoms with van der Waals surface area (Å²) in [5.74, 6) is 0.771. The summed E-state index contributed by atoms with van der Waals surface area (Å²) in [5.41, 5.74) is 0.958. The summed E-state index contributed by atoms with van der Waals surface area (Å²) in [6.07, 6.45) is 9.18. The summed E-state index contributed by atoms with van der Waals surface area (Å²) >= 11 is 0. The predicted octanol–water partition coefficient (Wildman–Crippen LogP) is 2.60. The van der Waals surface area contributed by atoms with Crippen LogP contribution in [0, 0.1) is 0 Å². The van der Waals surface area contributed by atoms with Gasteiger partial charge in [0.05, 0.1) is 0 Å². The summed E-state index contributed by atoms with van der Waals surface area (Å²) in [5, 5.41) is 5.83. The van der Waals surface area contributed by atoms with E-state index in [-0.39, 0.29) is 24.1 Å². The number of amides is 3. The van der Waals surface area contributed by atoms with Crippen molar-refractivity contribution >= 4 is 11.9 Å². The first kappa shape index (κ1) is 19.5. The van der Waals surface area contributed by atoms with Gasteiger partial charge in [-0.05, 0) is 43.7 Å². The van der Waals surface area contributed by atoms with Gasteiger partial charge < -0.3 is 20.3 Å². The van der Waals surface area contributed by atoms with Gasteiger partial charge in [-0.2, -0.15) is 0 Å². The molecule has 0 spiro atoms. The van der Waals surface area contributed by atoms with Gasteiger partial charge in [0.25, 0.3) is 0 Å². The number of pyridine rings is 1.